The van der Waals surface area contributed by atoms with Gasteiger partial charge in [0.15, 0.2) is 0 Å². The minimum atomic E-state index is 0.297. The van der Waals surface area contributed by atoms with E-state index in [1.165, 1.54) is 32.7 Å². The SMILES string of the molecule is C[C@H](N[C@H](C)c1ccccc1)c1ccc2c(ccc3ccccc32)c1. The van der Waals surface area contributed by atoms with Crippen LogP contribution in [-0.2, 0) is 0 Å². The lowest BCUT2D eigenvalue weighted by Crippen LogP contribution is -2.22. The molecular weight excluding hydrogens is 302 g/mol. The first-order valence-electron chi connectivity index (χ1n) is 8.95. The molecule has 0 aliphatic carbocycles. The Labute approximate surface area is 149 Å². The minimum Gasteiger partial charge on any atom is -0.304 e. The van der Waals surface area contributed by atoms with Crippen molar-refractivity contribution in [2.24, 2.45) is 0 Å². The molecule has 0 aromatic heterocycles. The van der Waals surface area contributed by atoms with E-state index in [2.05, 4.69) is 104 Å². The molecule has 4 rings (SSSR count). The molecule has 1 N–H and O–H groups in total. The second-order valence-corrected chi connectivity index (χ2v) is 6.79. The van der Waals surface area contributed by atoms with Crippen molar-refractivity contribution in [2.45, 2.75) is 25.9 Å². The summed E-state index contributed by atoms with van der Waals surface area (Å²) >= 11 is 0. The van der Waals surface area contributed by atoms with Crippen molar-refractivity contribution in [3.05, 3.63) is 96.1 Å². The number of rotatable bonds is 4. The first-order valence-corrected chi connectivity index (χ1v) is 8.95. The van der Waals surface area contributed by atoms with E-state index >= 15 is 0 Å². The largest absolute Gasteiger partial charge is 0.304 e. The van der Waals surface area contributed by atoms with Crippen LogP contribution in [-0.4, -0.2) is 0 Å². The molecule has 2 atom stereocenters. The van der Waals surface area contributed by atoms with Crippen LogP contribution in [0.5, 0.6) is 0 Å². The molecule has 4 aromatic carbocycles. The van der Waals surface area contributed by atoms with Gasteiger partial charge < -0.3 is 5.32 Å². The fraction of sp³-hybridized carbons (Fsp3) is 0.167. The van der Waals surface area contributed by atoms with Crippen molar-refractivity contribution in [1.82, 2.24) is 5.32 Å². The lowest BCUT2D eigenvalue weighted by molar-refractivity contribution is 0.495. The Bertz CT molecular complexity index is 1000. The van der Waals surface area contributed by atoms with E-state index in [0.717, 1.165) is 0 Å². The van der Waals surface area contributed by atoms with Crippen LogP contribution in [0.25, 0.3) is 21.5 Å². The van der Waals surface area contributed by atoms with E-state index in [1.807, 2.05) is 0 Å². The average Bonchev–Trinajstić information content (AvgIpc) is 2.68. The van der Waals surface area contributed by atoms with E-state index in [1.54, 1.807) is 0 Å². The molecule has 0 spiro atoms. The second-order valence-electron chi connectivity index (χ2n) is 6.79. The first kappa shape index (κ1) is 15.9. The molecule has 0 radical (unpaired) electrons. The zero-order valence-corrected chi connectivity index (χ0v) is 14.7. The third-order valence-corrected chi connectivity index (χ3v) is 5.07. The first-order chi connectivity index (χ1) is 12.2. The molecule has 25 heavy (non-hydrogen) atoms. The summed E-state index contributed by atoms with van der Waals surface area (Å²) in [4.78, 5) is 0. The molecule has 0 amide bonds. The Hall–Kier alpha value is -2.64. The second kappa shape index (κ2) is 6.70. The van der Waals surface area contributed by atoms with Crippen molar-refractivity contribution in [1.29, 1.82) is 0 Å². The Kier molecular flexibility index (Phi) is 4.25. The molecule has 0 heterocycles. The summed E-state index contributed by atoms with van der Waals surface area (Å²) in [5.41, 5.74) is 2.65. The number of fused-ring (bicyclic) bond motifs is 3. The van der Waals surface area contributed by atoms with Gasteiger partial charge in [0.05, 0.1) is 0 Å². The van der Waals surface area contributed by atoms with Gasteiger partial charge in [-0.25, -0.2) is 0 Å². The van der Waals surface area contributed by atoms with Gasteiger partial charge in [0.2, 0.25) is 0 Å². The van der Waals surface area contributed by atoms with E-state index in [9.17, 15) is 0 Å². The van der Waals surface area contributed by atoms with Crippen LogP contribution in [0, 0.1) is 0 Å². The van der Waals surface area contributed by atoms with Crippen molar-refractivity contribution < 1.29 is 0 Å². The summed E-state index contributed by atoms with van der Waals surface area (Å²) in [6.07, 6.45) is 0. The molecule has 0 aliphatic rings. The molecule has 0 aliphatic heterocycles. The fourth-order valence-electron chi connectivity index (χ4n) is 3.61. The number of hydrogen-bond donors (Lipinski definition) is 1. The van der Waals surface area contributed by atoms with Crippen LogP contribution >= 0.6 is 0 Å². The molecule has 0 saturated heterocycles. The quantitative estimate of drug-likeness (QED) is 0.428. The maximum absolute atomic E-state index is 3.71. The minimum absolute atomic E-state index is 0.297. The lowest BCUT2D eigenvalue weighted by Gasteiger charge is -2.21. The molecule has 0 bridgehead atoms. The third kappa shape index (κ3) is 3.16. The molecule has 1 nitrogen and oxygen atoms in total. The maximum Gasteiger partial charge on any atom is 0.0297 e. The maximum atomic E-state index is 3.71. The zero-order valence-electron chi connectivity index (χ0n) is 14.7. The summed E-state index contributed by atoms with van der Waals surface area (Å²) < 4.78 is 0. The molecule has 0 saturated carbocycles. The predicted molar refractivity (Wildman–Crippen MR) is 108 cm³/mol. The summed E-state index contributed by atoms with van der Waals surface area (Å²) in [7, 11) is 0. The normalized spacial score (nSPS) is 13.8. The summed E-state index contributed by atoms with van der Waals surface area (Å²) in [5.74, 6) is 0. The van der Waals surface area contributed by atoms with Crippen molar-refractivity contribution in [2.75, 3.05) is 0 Å². The Balaban J connectivity index is 1.64. The van der Waals surface area contributed by atoms with Crippen molar-refractivity contribution >= 4 is 21.5 Å². The molecule has 1 heteroatoms. The predicted octanol–water partition coefficient (Wildman–Crippen LogP) is 6.40. The summed E-state index contributed by atoms with van der Waals surface area (Å²) in [6, 6.07) is 31.1. The molecule has 0 fully saturated rings. The van der Waals surface area contributed by atoms with Crippen LogP contribution in [0.2, 0.25) is 0 Å². The summed E-state index contributed by atoms with van der Waals surface area (Å²) in [6.45, 7) is 4.46. The van der Waals surface area contributed by atoms with Gasteiger partial charge in [0.25, 0.3) is 0 Å². The van der Waals surface area contributed by atoms with Gasteiger partial charge in [-0.1, -0.05) is 78.9 Å². The van der Waals surface area contributed by atoms with Gasteiger partial charge in [0, 0.05) is 12.1 Å². The Morgan fingerprint density at radius 3 is 2.04 bits per heavy atom. The van der Waals surface area contributed by atoms with Crippen LogP contribution in [0.3, 0.4) is 0 Å². The third-order valence-electron chi connectivity index (χ3n) is 5.07. The Morgan fingerprint density at radius 2 is 1.20 bits per heavy atom. The smallest absolute Gasteiger partial charge is 0.0297 e. The Morgan fingerprint density at radius 1 is 0.560 bits per heavy atom. The van der Waals surface area contributed by atoms with Crippen LogP contribution in [0.4, 0.5) is 0 Å². The molecule has 0 unspecified atom stereocenters. The standard InChI is InChI=1S/C24H23N/c1-17(19-8-4-3-5-9-19)25-18(2)21-14-15-24-22(16-21)13-12-20-10-6-7-11-23(20)24/h3-18,25H,1-2H3/t17-,18+/m1/s1. The molecular formula is C24H23N. The van der Waals surface area contributed by atoms with Crippen LogP contribution in [0.1, 0.15) is 37.1 Å². The van der Waals surface area contributed by atoms with Gasteiger partial charge in [-0.2, -0.15) is 0 Å². The lowest BCUT2D eigenvalue weighted by atomic mass is 9.97. The van der Waals surface area contributed by atoms with Crippen LogP contribution < -0.4 is 5.32 Å². The highest BCUT2D eigenvalue weighted by Gasteiger charge is 2.12. The zero-order chi connectivity index (χ0) is 17.2. The monoisotopic (exact) mass is 325 g/mol. The van der Waals surface area contributed by atoms with Crippen molar-refractivity contribution in [3.63, 3.8) is 0 Å². The van der Waals surface area contributed by atoms with Gasteiger partial charge >= 0.3 is 0 Å². The number of benzene rings is 4. The van der Waals surface area contributed by atoms with E-state index < -0.39 is 0 Å². The average molecular weight is 325 g/mol. The number of hydrogen-bond acceptors (Lipinski definition) is 1. The molecule has 4 aromatic rings. The van der Waals surface area contributed by atoms with E-state index in [-0.39, 0.29) is 0 Å². The van der Waals surface area contributed by atoms with Gasteiger partial charge in [0.1, 0.15) is 0 Å². The van der Waals surface area contributed by atoms with Gasteiger partial charge in [-0.15, -0.1) is 0 Å². The summed E-state index contributed by atoms with van der Waals surface area (Å²) in [5, 5.41) is 8.96. The van der Waals surface area contributed by atoms with Gasteiger partial charge in [-0.3, -0.25) is 0 Å². The topological polar surface area (TPSA) is 12.0 Å². The van der Waals surface area contributed by atoms with Crippen LogP contribution in [0.15, 0.2) is 84.9 Å². The van der Waals surface area contributed by atoms with E-state index in [0.29, 0.717) is 12.1 Å². The van der Waals surface area contributed by atoms with Gasteiger partial charge in [-0.05, 0) is 52.6 Å². The highest BCUT2D eigenvalue weighted by atomic mass is 14.9. The highest BCUT2D eigenvalue weighted by molar-refractivity contribution is 6.07. The fourth-order valence-corrected chi connectivity index (χ4v) is 3.61. The van der Waals surface area contributed by atoms with E-state index in [4.69, 9.17) is 0 Å². The number of nitrogens with one attached hydrogen (secondary N) is 1. The highest BCUT2D eigenvalue weighted by Crippen LogP contribution is 2.28. The van der Waals surface area contributed by atoms with Crippen molar-refractivity contribution in [3.8, 4) is 0 Å². The molecule has 124 valence electrons.